The van der Waals surface area contributed by atoms with E-state index in [1.54, 1.807) is 25.1 Å². The van der Waals surface area contributed by atoms with Gasteiger partial charge in [-0.15, -0.1) is 0 Å². The number of benzene rings is 1. The lowest BCUT2D eigenvalue weighted by molar-refractivity contribution is -0.135. The maximum Gasteiger partial charge on any atom is 0.325 e. The highest BCUT2D eigenvalue weighted by molar-refractivity contribution is 6.09. The van der Waals surface area contributed by atoms with Crippen molar-refractivity contribution in [2.45, 2.75) is 57.0 Å². The molecule has 0 radical (unpaired) electrons. The van der Waals surface area contributed by atoms with E-state index in [0.29, 0.717) is 30.3 Å². The summed E-state index contributed by atoms with van der Waals surface area (Å²) in [6.07, 6.45) is 6.45. The predicted molar refractivity (Wildman–Crippen MR) is 105 cm³/mol. The van der Waals surface area contributed by atoms with Crippen molar-refractivity contribution in [3.05, 3.63) is 23.8 Å². The fourth-order valence-electron chi connectivity index (χ4n) is 4.23. The van der Waals surface area contributed by atoms with Crippen LogP contribution in [-0.4, -0.2) is 48.5 Å². The molecule has 2 heterocycles. The molecule has 2 aliphatic heterocycles. The van der Waals surface area contributed by atoms with Crippen LogP contribution in [0.15, 0.2) is 18.2 Å². The number of fused-ring (bicyclic) bond motifs is 1. The number of hydrogen-bond donors (Lipinski definition) is 2. The number of amides is 4. The zero-order valence-corrected chi connectivity index (χ0v) is 16.7. The van der Waals surface area contributed by atoms with Crippen molar-refractivity contribution in [2.75, 3.05) is 19.8 Å². The number of carbonyl (C=O) groups is 3. The van der Waals surface area contributed by atoms with Crippen molar-refractivity contribution in [1.82, 2.24) is 15.5 Å². The zero-order valence-electron chi connectivity index (χ0n) is 16.7. The summed E-state index contributed by atoms with van der Waals surface area (Å²) in [6, 6.07) is 4.73. The highest BCUT2D eigenvalue weighted by atomic mass is 16.6. The van der Waals surface area contributed by atoms with Gasteiger partial charge in [-0.05, 0) is 37.5 Å². The Morgan fingerprint density at radius 2 is 1.83 bits per heavy atom. The van der Waals surface area contributed by atoms with Gasteiger partial charge in [-0.2, -0.15) is 0 Å². The lowest BCUT2D eigenvalue weighted by atomic mass is 9.91. The molecule has 1 aromatic rings. The minimum absolute atomic E-state index is 0.120. The maximum absolute atomic E-state index is 13.1. The first-order valence-electron chi connectivity index (χ1n) is 10.3. The average molecular weight is 401 g/mol. The molecule has 0 aromatic heterocycles. The van der Waals surface area contributed by atoms with Crippen LogP contribution in [0.2, 0.25) is 0 Å². The largest absolute Gasteiger partial charge is 0.486 e. The minimum Gasteiger partial charge on any atom is -0.486 e. The van der Waals surface area contributed by atoms with E-state index < -0.39 is 17.5 Å². The van der Waals surface area contributed by atoms with E-state index >= 15 is 0 Å². The first-order chi connectivity index (χ1) is 14.0. The Morgan fingerprint density at radius 1 is 1.14 bits per heavy atom. The van der Waals surface area contributed by atoms with Crippen molar-refractivity contribution < 1.29 is 23.9 Å². The predicted octanol–water partition coefficient (Wildman–Crippen LogP) is 2.06. The maximum atomic E-state index is 13.1. The fraction of sp³-hybridized carbons (Fsp3) is 0.571. The van der Waals surface area contributed by atoms with Crippen LogP contribution in [0.3, 0.4) is 0 Å². The second-order valence-electron chi connectivity index (χ2n) is 8.06. The van der Waals surface area contributed by atoms with Gasteiger partial charge in [0.05, 0.1) is 0 Å². The Bertz CT molecular complexity index is 819. The van der Waals surface area contributed by atoms with E-state index in [4.69, 9.17) is 9.47 Å². The summed E-state index contributed by atoms with van der Waals surface area (Å²) in [5.74, 6) is 0.406. The summed E-state index contributed by atoms with van der Waals surface area (Å²) < 4.78 is 11.1. The molecule has 8 nitrogen and oxygen atoms in total. The van der Waals surface area contributed by atoms with Gasteiger partial charge in [-0.1, -0.05) is 31.7 Å². The number of nitrogens with one attached hydrogen (secondary N) is 2. The van der Waals surface area contributed by atoms with Gasteiger partial charge >= 0.3 is 6.03 Å². The molecule has 1 saturated carbocycles. The van der Waals surface area contributed by atoms with Crippen molar-refractivity contribution in [2.24, 2.45) is 0 Å². The Labute approximate surface area is 169 Å². The third-order valence-electron chi connectivity index (χ3n) is 5.92. The van der Waals surface area contributed by atoms with Crippen LogP contribution in [0, 0.1) is 0 Å². The smallest absolute Gasteiger partial charge is 0.325 e. The molecule has 2 fully saturated rings. The molecule has 1 aromatic carbocycles. The van der Waals surface area contributed by atoms with Gasteiger partial charge in [-0.3, -0.25) is 14.5 Å². The summed E-state index contributed by atoms with van der Waals surface area (Å²) >= 11 is 0. The first kappa shape index (κ1) is 19.5. The van der Waals surface area contributed by atoms with Gasteiger partial charge in [0.2, 0.25) is 5.91 Å². The van der Waals surface area contributed by atoms with Crippen LogP contribution in [0.4, 0.5) is 4.79 Å². The van der Waals surface area contributed by atoms with Gasteiger partial charge in [0.25, 0.3) is 5.91 Å². The van der Waals surface area contributed by atoms with E-state index in [1.165, 1.54) is 12.8 Å². The van der Waals surface area contributed by atoms with E-state index in [-0.39, 0.29) is 18.5 Å². The average Bonchev–Trinajstić information content (AvgIpc) is 2.90. The van der Waals surface area contributed by atoms with Crippen LogP contribution in [0.1, 0.15) is 51.0 Å². The van der Waals surface area contributed by atoms with Crippen molar-refractivity contribution >= 4 is 17.8 Å². The molecule has 2 N–H and O–H groups in total. The summed E-state index contributed by atoms with van der Waals surface area (Å²) in [6.45, 7) is 2.27. The molecular weight excluding hydrogens is 374 g/mol. The zero-order chi connectivity index (χ0) is 20.4. The third-order valence-corrected chi connectivity index (χ3v) is 5.92. The van der Waals surface area contributed by atoms with Crippen molar-refractivity contribution in [1.29, 1.82) is 0 Å². The number of urea groups is 1. The SMILES string of the molecule is CC1(c2ccc3c(c2)OCCO3)NC(=O)N(CC(=O)NC2CCCCCC2)C1=O. The molecular formula is C21H27N3O5. The Hall–Kier alpha value is -2.77. The molecule has 4 rings (SSSR count). The second kappa shape index (κ2) is 7.93. The fourth-order valence-corrected chi connectivity index (χ4v) is 4.23. The molecule has 29 heavy (non-hydrogen) atoms. The number of imide groups is 1. The monoisotopic (exact) mass is 401 g/mol. The molecule has 1 aliphatic carbocycles. The highest BCUT2D eigenvalue weighted by Gasteiger charge is 2.49. The molecule has 1 unspecified atom stereocenters. The molecule has 3 aliphatic rings. The lowest BCUT2D eigenvalue weighted by Crippen LogP contribution is -2.45. The van der Waals surface area contributed by atoms with Gasteiger partial charge in [0.15, 0.2) is 11.5 Å². The van der Waals surface area contributed by atoms with Crippen LogP contribution >= 0.6 is 0 Å². The molecule has 0 spiro atoms. The summed E-state index contributed by atoms with van der Waals surface area (Å²) in [7, 11) is 0. The van der Waals surface area contributed by atoms with E-state index in [2.05, 4.69) is 10.6 Å². The van der Waals surface area contributed by atoms with E-state index in [1.807, 2.05) is 0 Å². The molecule has 1 atom stereocenters. The number of hydrogen-bond acceptors (Lipinski definition) is 5. The van der Waals surface area contributed by atoms with E-state index in [9.17, 15) is 14.4 Å². The topological polar surface area (TPSA) is 97.0 Å². The first-order valence-corrected chi connectivity index (χ1v) is 10.3. The Kier molecular flexibility index (Phi) is 5.34. The van der Waals surface area contributed by atoms with Crippen LogP contribution in [0.25, 0.3) is 0 Å². The van der Waals surface area contributed by atoms with Crippen LogP contribution in [0.5, 0.6) is 11.5 Å². The third kappa shape index (κ3) is 3.88. The van der Waals surface area contributed by atoms with Gasteiger partial charge in [0, 0.05) is 6.04 Å². The number of rotatable bonds is 4. The van der Waals surface area contributed by atoms with E-state index in [0.717, 1.165) is 30.6 Å². The quantitative estimate of drug-likeness (QED) is 0.595. The molecule has 8 heteroatoms. The highest BCUT2D eigenvalue weighted by Crippen LogP contribution is 2.36. The van der Waals surface area contributed by atoms with Crippen molar-refractivity contribution in [3.8, 4) is 11.5 Å². The Balaban J connectivity index is 1.46. The number of carbonyl (C=O) groups excluding carboxylic acids is 3. The Morgan fingerprint density at radius 3 is 2.55 bits per heavy atom. The normalized spacial score (nSPS) is 24.8. The minimum atomic E-state index is -1.25. The summed E-state index contributed by atoms with van der Waals surface area (Å²) in [5.41, 5.74) is -0.665. The molecule has 4 amide bonds. The number of ether oxygens (including phenoxy) is 2. The molecule has 1 saturated heterocycles. The summed E-state index contributed by atoms with van der Waals surface area (Å²) in [5, 5.41) is 5.72. The lowest BCUT2D eigenvalue weighted by Gasteiger charge is -2.25. The molecule has 156 valence electrons. The standard InChI is InChI=1S/C21H27N3O5/c1-21(14-8-9-16-17(12-14)29-11-10-28-16)19(26)24(20(27)23-21)13-18(25)22-15-6-4-2-3-5-7-15/h8-9,12,15H,2-7,10-11,13H2,1H3,(H,22,25)(H,23,27). The van der Waals surface area contributed by atoms with Gasteiger partial charge in [-0.25, -0.2) is 4.79 Å². The van der Waals surface area contributed by atoms with Crippen LogP contribution < -0.4 is 20.1 Å². The van der Waals surface area contributed by atoms with Crippen molar-refractivity contribution in [3.63, 3.8) is 0 Å². The summed E-state index contributed by atoms with van der Waals surface area (Å²) in [4.78, 5) is 39.1. The van der Waals surface area contributed by atoms with Crippen LogP contribution in [-0.2, 0) is 15.1 Å². The molecule has 0 bridgehead atoms. The van der Waals surface area contributed by atoms with Gasteiger partial charge < -0.3 is 20.1 Å². The number of nitrogens with zero attached hydrogens (tertiary/aromatic N) is 1. The van der Waals surface area contributed by atoms with Gasteiger partial charge in [0.1, 0.15) is 25.3 Å². The second-order valence-corrected chi connectivity index (χ2v) is 8.06.